The average Bonchev–Trinajstić information content (AvgIpc) is 2.46. The third kappa shape index (κ3) is 3.74. The lowest BCUT2D eigenvalue weighted by Gasteiger charge is -2.06. The zero-order valence-electron chi connectivity index (χ0n) is 10.6. The van der Waals surface area contributed by atoms with Gasteiger partial charge in [0.05, 0.1) is 18.1 Å². The van der Waals surface area contributed by atoms with Gasteiger partial charge >= 0.3 is 0 Å². The average molecular weight is 257 g/mol. The second-order valence-electron chi connectivity index (χ2n) is 3.92. The molecule has 2 heterocycles. The number of hydrogen-bond acceptors (Lipinski definition) is 5. The van der Waals surface area contributed by atoms with Gasteiger partial charge in [0.1, 0.15) is 17.8 Å². The Balaban J connectivity index is 2.06. The highest BCUT2D eigenvalue weighted by Gasteiger charge is 2.08. The van der Waals surface area contributed by atoms with Crippen LogP contribution in [-0.2, 0) is 0 Å². The maximum Gasteiger partial charge on any atom is 0.274 e. The van der Waals surface area contributed by atoms with Crippen LogP contribution in [0.2, 0.25) is 0 Å². The van der Waals surface area contributed by atoms with Crippen molar-refractivity contribution in [2.75, 3.05) is 17.2 Å². The van der Waals surface area contributed by atoms with Gasteiger partial charge in [0.25, 0.3) is 5.91 Å². The normalized spacial score (nSPS) is 9.95. The molecule has 0 bridgehead atoms. The van der Waals surface area contributed by atoms with Gasteiger partial charge in [-0.2, -0.15) is 0 Å². The minimum atomic E-state index is -0.282. The van der Waals surface area contributed by atoms with E-state index in [4.69, 9.17) is 0 Å². The Bertz CT molecular complexity index is 544. The molecule has 6 heteroatoms. The molecule has 2 aromatic heterocycles. The van der Waals surface area contributed by atoms with Gasteiger partial charge < -0.3 is 10.6 Å². The van der Waals surface area contributed by atoms with Crippen LogP contribution in [0.25, 0.3) is 0 Å². The molecule has 0 aliphatic carbocycles. The molecule has 1 amide bonds. The van der Waals surface area contributed by atoms with Gasteiger partial charge in [-0.1, -0.05) is 13.0 Å². The second-order valence-corrected chi connectivity index (χ2v) is 3.92. The number of nitrogens with zero attached hydrogens (tertiary/aromatic N) is 3. The van der Waals surface area contributed by atoms with Gasteiger partial charge in [-0.25, -0.2) is 15.0 Å². The first-order chi connectivity index (χ1) is 9.29. The standard InChI is InChI=1S/C13H15N5O/c1-2-6-16-12-5-3-4-11(18-12)13(19)17-10-7-14-9-15-8-10/h3-5,7-9H,2,6H2,1H3,(H,16,18)(H,17,19). The Morgan fingerprint density at radius 2 is 2.05 bits per heavy atom. The number of pyridine rings is 1. The van der Waals surface area contributed by atoms with Crippen molar-refractivity contribution in [3.8, 4) is 0 Å². The Hall–Kier alpha value is -2.50. The Kier molecular flexibility index (Phi) is 4.39. The third-order valence-electron chi connectivity index (χ3n) is 2.36. The van der Waals surface area contributed by atoms with E-state index >= 15 is 0 Å². The molecular formula is C13H15N5O. The Labute approximate surface area is 111 Å². The zero-order chi connectivity index (χ0) is 13.5. The van der Waals surface area contributed by atoms with Gasteiger partial charge in [-0.3, -0.25) is 4.79 Å². The number of nitrogens with one attached hydrogen (secondary N) is 2. The Morgan fingerprint density at radius 1 is 1.26 bits per heavy atom. The van der Waals surface area contributed by atoms with Crippen molar-refractivity contribution in [1.82, 2.24) is 15.0 Å². The molecule has 0 atom stereocenters. The van der Waals surface area contributed by atoms with Crippen LogP contribution in [0.1, 0.15) is 23.8 Å². The van der Waals surface area contributed by atoms with E-state index in [-0.39, 0.29) is 5.91 Å². The maximum absolute atomic E-state index is 12.0. The van der Waals surface area contributed by atoms with Gasteiger partial charge in [-0.05, 0) is 18.6 Å². The summed E-state index contributed by atoms with van der Waals surface area (Å²) in [6.45, 7) is 2.89. The first-order valence-electron chi connectivity index (χ1n) is 6.07. The lowest BCUT2D eigenvalue weighted by Crippen LogP contribution is -2.15. The summed E-state index contributed by atoms with van der Waals surface area (Å²) in [7, 11) is 0. The van der Waals surface area contributed by atoms with Gasteiger partial charge in [0, 0.05) is 6.54 Å². The summed E-state index contributed by atoms with van der Waals surface area (Å²) >= 11 is 0. The van der Waals surface area contributed by atoms with Crippen LogP contribution in [0, 0.1) is 0 Å². The van der Waals surface area contributed by atoms with Crippen LogP contribution in [0.4, 0.5) is 11.5 Å². The monoisotopic (exact) mass is 257 g/mol. The van der Waals surface area contributed by atoms with E-state index < -0.39 is 0 Å². The largest absolute Gasteiger partial charge is 0.370 e. The molecule has 6 nitrogen and oxygen atoms in total. The minimum Gasteiger partial charge on any atom is -0.370 e. The van der Waals surface area contributed by atoms with Crippen molar-refractivity contribution < 1.29 is 4.79 Å². The first kappa shape index (κ1) is 12.9. The maximum atomic E-state index is 12.0. The van der Waals surface area contributed by atoms with Crippen molar-refractivity contribution in [2.24, 2.45) is 0 Å². The van der Waals surface area contributed by atoms with E-state index in [1.54, 1.807) is 12.1 Å². The summed E-state index contributed by atoms with van der Waals surface area (Å²) in [5.41, 5.74) is 0.895. The number of anilines is 2. The van der Waals surface area contributed by atoms with Gasteiger partial charge in [-0.15, -0.1) is 0 Å². The predicted octanol–water partition coefficient (Wildman–Crippen LogP) is 1.95. The number of rotatable bonds is 5. The lowest BCUT2D eigenvalue weighted by molar-refractivity contribution is 0.102. The van der Waals surface area contributed by atoms with Gasteiger partial charge in [0.2, 0.25) is 0 Å². The molecule has 2 aromatic rings. The summed E-state index contributed by atoms with van der Waals surface area (Å²) in [5, 5.41) is 5.82. The van der Waals surface area contributed by atoms with Crippen molar-refractivity contribution in [1.29, 1.82) is 0 Å². The summed E-state index contributed by atoms with van der Waals surface area (Å²) < 4.78 is 0. The van der Waals surface area contributed by atoms with Gasteiger partial charge in [0.15, 0.2) is 0 Å². The van der Waals surface area contributed by atoms with Crippen LogP contribution in [-0.4, -0.2) is 27.4 Å². The molecule has 0 aliphatic heterocycles. The minimum absolute atomic E-state index is 0.282. The topological polar surface area (TPSA) is 79.8 Å². The van der Waals surface area contributed by atoms with Crippen LogP contribution in [0.5, 0.6) is 0 Å². The van der Waals surface area contributed by atoms with E-state index in [2.05, 4.69) is 32.5 Å². The Morgan fingerprint density at radius 3 is 2.79 bits per heavy atom. The summed E-state index contributed by atoms with van der Waals surface area (Å²) in [6.07, 6.45) is 5.47. The fourth-order valence-electron chi connectivity index (χ4n) is 1.47. The molecule has 2 rings (SSSR count). The van der Waals surface area contributed by atoms with Crippen LogP contribution >= 0.6 is 0 Å². The molecule has 0 radical (unpaired) electrons. The molecule has 19 heavy (non-hydrogen) atoms. The van der Waals surface area contributed by atoms with Crippen LogP contribution in [0.3, 0.4) is 0 Å². The lowest BCUT2D eigenvalue weighted by atomic mass is 10.3. The molecule has 98 valence electrons. The molecule has 0 saturated heterocycles. The molecule has 0 unspecified atom stereocenters. The predicted molar refractivity (Wildman–Crippen MR) is 73.0 cm³/mol. The SMILES string of the molecule is CCCNc1cccc(C(=O)Nc2cncnc2)n1. The van der Waals surface area contributed by atoms with Crippen LogP contribution in [0.15, 0.2) is 36.9 Å². The highest BCUT2D eigenvalue weighted by molar-refractivity contribution is 6.02. The van der Waals surface area contributed by atoms with Crippen molar-refractivity contribution in [2.45, 2.75) is 13.3 Å². The number of hydrogen-bond donors (Lipinski definition) is 2. The molecular weight excluding hydrogens is 242 g/mol. The van der Waals surface area contributed by atoms with Crippen molar-refractivity contribution in [3.63, 3.8) is 0 Å². The van der Waals surface area contributed by atoms with E-state index in [1.165, 1.54) is 18.7 Å². The number of aromatic nitrogens is 3. The fourth-order valence-corrected chi connectivity index (χ4v) is 1.47. The summed E-state index contributed by atoms with van der Waals surface area (Å²) in [6, 6.07) is 5.29. The fraction of sp³-hybridized carbons (Fsp3) is 0.231. The number of amides is 1. The summed E-state index contributed by atoms with van der Waals surface area (Å²) in [5.74, 6) is 0.411. The molecule has 0 fully saturated rings. The van der Waals surface area contributed by atoms with E-state index in [9.17, 15) is 4.79 Å². The van der Waals surface area contributed by atoms with E-state index in [0.29, 0.717) is 17.2 Å². The number of carbonyl (C=O) groups excluding carboxylic acids is 1. The molecule has 0 spiro atoms. The molecule has 2 N–H and O–H groups in total. The smallest absolute Gasteiger partial charge is 0.274 e. The highest BCUT2D eigenvalue weighted by Crippen LogP contribution is 2.08. The second kappa shape index (κ2) is 6.44. The number of carbonyl (C=O) groups is 1. The first-order valence-corrected chi connectivity index (χ1v) is 6.07. The summed E-state index contributed by atoms with van der Waals surface area (Å²) in [4.78, 5) is 23.9. The van der Waals surface area contributed by atoms with E-state index in [0.717, 1.165) is 13.0 Å². The molecule has 0 aromatic carbocycles. The molecule has 0 saturated carbocycles. The quantitative estimate of drug-likeness (QED) is 0.855. The zero-order valence-corrected chi connectivity index (χ0v) is 10.6. The van der Waals surface area contributed by atoms with Crippen molar-refractivity contribution in [3.05, 3.63) is 42.6 Å². The van der Waals surface area contributed by atoms with E-state index in [1.807, 2.05) is 6.07 Å². The highest BCUT2D eigenvalue weighted by atomic mass is 16.1. The van der Waals surface area contributed by atoms with Crippen molar-refractivity contribution >= 4 is 17.4 Å². The van der Waals surface area contributed by atoms with Crippen LogP contribution < -0.4 is 10.6 Å². The molecule has 0 aliphatic rings. The third-order valence-corrected chi connectivity index (χ3v) is 2.36.